The summed E-state index contributed by atoms with van der Waals surface area (Å²) in [5.74, 6) is -0.119. The van der Waals surface area contributed by atoms with Crippen LogP contribution in [0.5, 0.6) is 0 Å². The number of nitrogens with zero attached hydrogens (tertiary/aromatic N) is 5. The molecule has 0 fully saturated rings. The first-order valence-corrected chi connectivity index (χ1v) is 8.62. The molecule has 0 saturated carbocycles. The molecule has 0 spiro atoms. The van der Waals surface area contributed by atoms with Gasteiger partial charge in [0.2, 0.25) is 0 Å². The van der Waals surface area contributed by atoms with Crippen LogP contribution in [0.3, 0.4) is 0 Å². The lowest BCUT2D eigenvalue weighted by molar-refractivity contribution is 0.0746. The van der Waals surface area contributed by atoms with Crippen LogP contribution in [0.4, 0.5) is 5.69 Å². The zero-order valence-electron chi connectivity index (χ0n) is 15.3. The average Bonchev–Trinajstić information content (AvgIpc) is 3.17. The molecule has 1 amide bonds. The fraction of sp³-hybridized carbons (Fsp3) is 0.250. The van der Waals surface area contributed by atoms with Crippen molar-refractivity contribution in [1.82, 2.24) is 19.9 Å². The lowest BCUT2D eigenvalue weighted by atomic mass is 10.2. The molecule has 0 bridgehead atoms. The third-order valence-electron chi connectivity index (χ3n) is 4.19. The van der Waals surface area contributed by atoms with Crippen LogP contribution in [-0.4, -0.2) is 46.4 Å². The van der Waals surface area contributed by atoms with Gasteiger partial charge in [0.1, 0.15) is 0 Å². The van der Waals surface area contributed by atoms with E-state index in [0.717, 1.165) is 16.9 Å². The minimum Gasteiger partial charge on any atom is -0.378 e. The predicted molar refractivity (Wildman–Crippen MR) is 103 cm³/mol. The number of amides is 1. The third kappa shape index (κ3) is 3.91. The topological polar surface area (TPSA) is 54.3 Å². The maximum Gasteiger partial charge on any atom is 0.276 e. The summed E-state index contributed by atoms with van der Waals surface area (Å²) in [5, 5.41) is 8.55. The van der Waals surface area contributed by atoms with Crippen molar-refractivity contribution < 1.29 is 4.79 Å². The van der Waals surface area contributed by atoms with Gasteiger partial charge in [0.25, 0.3) is 5.91 Å². The fourth-order valence-corrected chi connectivity index (χ4v) is 2.66. The van der Waals surface area contributed by atoms with E-state index in [1.165, 1.54) is 11.0 Å². The molecule has 0 aliphatic rings. The van der Waals surface area contributed by atoms with Gasteiger partial charge < -0.3 is 9.80 Å². The Morgan fingerprint density at radius 1 is 1.04 bits per heavy atom. The zero-order chi connectivity index (χ0) is 18.5. The van der Waals surface area contributed by atoms with Crippen LogP contribution in [0.2, 0.25) is 0 Å². The van der Waals surface area contributed by atoms with E-state index in [1.807, 2.05) is 63.5 Å². The van der Waals surface area contributed by atoms with Gasteiger partial charge in [0, 0.05) is 32.9 Å². The molecule has 3 aromatic rings. The standard InChI is InChI=1S/C20H23N5O/c1-4-24(15-16-10-12-17(13-11-16)23(2)3)20(26)19-14-21-25(22-19)18-8-6-5-7-9-18/h5-14H,4,15H2,1-3H3. The molecular weight excluding hydrogens is 326 g/mol. The number of rotatable bonds is 6. The van der Waals surface area contributed by atoms with Gasteiger partial charge in [-0.25, -0.2) is 0 Å². The van der Waals surface area contributed by atoms with Gasteiger partial charge in [-0.15, -0.1) is 5.10 Å². The Kier molecular flexibility index (Phi) is 5.31. The number of carbonyl (C=O) groups is 1. The Morgan fingerprint density at radius 3 is 2.35 bits per heavy atom. The third-order valence-corrected chi connectivity index (χ3v) is 4.19. The van der Waals surface area contributed by atoms with E-state index in [1.54, 1.807) is 4.90 Å². The molecule has 2 aromatic carbocycles. The molecule has 0 saturated heterocycles. The number of hydrogen-bond acceptors (Lipinski definition) is 4. The highest BCUT2D eigenvalue weighted by atomic mass is 16.2. The average molecular weight is 349 g/mol. The largest absolute Gasteiger partial charge is 0.378 e. The van der Waals surface area contributed by atoms with Crippen molar-refractivity contribution >= 4 is 11.6 Å². The van der Waals surface area contributed by atoms with Crippen molar-refractivity contribution in [3.8, 4) is 5.69 Å². The summed E-state index contributed by atoms with van der Waals surface area (Å²) in [6.07, 6.45) is 1.52. The molecule has 0 aliphatic carbocycles. The monoisotopic (exact) mass is 349 g/mol. The fourth-order valence-electron chi connectivity index (χ4n) is 2.66. The lowest BCUT2D eigenvalue weighted by Crippen LogP contribution is -2.30. The van der Waals surface area contributed by atoms with Crippen LogP contribution in [-0.2, 0) is 6.54 Å². The smallest absolute Gasteiger partial charge is 0.276 e. The molecule has 3 rings (SSSR count). The molecular formula is C20H23N5O. The second kappa shape index (κ2) is 7.82. The van der Waals surface area contributed by atoms with Crippen molar-refractivity contribution in [1.29, 1.82) is 0 Å². The van der Waals surface area contributed by atoms with Crippen LogP contribution in [0, 0.1) is 0 Å². The maximum absolute atomic E-state index is 12.8. The summed E-state index contributed by atoms with van der Waals surface area (Å²) in [6, 6.07) is 17.8. The molecule has 0 unspecified atom stereocenters. The minimum atomic E-state index is -0.119. The molecule has 0 aliphatic heterocycles. The summed E-state index contributed by atoms with van der Waals surface area (Å²) >= 11 is 0. The Labute approximate surface area is 153 Å². The van der Waals surface area contributed by atoms with E-state index in [-0.39, 0.29) is 5.91 Å². The Hall–Kier alpha value is -3.15. The van der Waals surface area contributed by atoms with Gasteiger partial charge in [0.05, 0.1) is 11.9 Å². The first-order chi connectivity index (χ1) is 12.6. The molecule has 1 heterocycles. The minimum absolute atomic E-state index is 0.119. The molecule has 0 radical (unpaired) electrons. The highest BCUT2D eigenvalue weighted by Crippen LogP contribution is 2.15. The summed E-state index contributed by atoms with van der Waals surface area (Å²) in [4.78, 5) is 18.1. The van der Waals surface area contributed by atoms with Gasteiger partial charge in [-0.05, 0) is 36.8 Å². The Morgan fingerprint density at radius 2 is 1.73 bits per heavy atom. The molecule has 0 atom stereocenters. The van der Waals surface area contributed by atoms with Crippen molar-refractivity contribution in [3.63, 3.8) is 0 Å². The number of hydrogen-bond donors (Lipinski definition) is 0. The van der Waals surface area contributed by atoms with E-state index in [9.17, 15) is 4.79 Å². The molecule has 26 heavy (non-hydrogen) atoms. The highest BCUT2D eigenvalue weighted by molar-refractivity contribution is 5.91. The SMILES string of the molecule is CCN(Cc1ccc(N(C)C)cc1)C(=O)c1cnn(-c2ccccc2)n1. The molecule has 6 nitrogen and oxygen atoms in total. The van der Waals surface area contributed by atoms with Crippen LogP contribution in [0.25, 0.3) is 5.69 Å². The number of aromatic nitrogens is 3. The Balaban J connectivity index is 1.74. The van der Waals surface area contributed by atoms with Gasteiger partial charge in [-0.1, -0.05) is 30.3 Å². The first-order valence-electron chi connectivity index (χ1n) is 8.62. The van der Waals surface area contributed by atoms with Gasteiger partial charge in [0.15, 0.2) is 5.69 Å². The summed E-state index contributed by atoms with van der Waals surface area (Å²) in [5.41, 5.74) is 3.39. The summed E-state index contributed by atoms with van der Waals surface area (Å²) in [7, 11) is 4.01. The number of benzene rings is 2. The van der Waals surface area contributed by atoms with Crippen molar-refractivity contribution in [3.05, 3.63) is 72.1 Å². The van der Waals surface area contributed by atoms with Crippen LogP contribution in [0.15, 0.2) is 60.8 Å². The van der Waals surface area contributed by atoms with E-state index < -0.39 is 0 Å². The lowest BCUT2D eigenvalue weighted by Gasteiger charge is -2.20. The zero-order valence-corrected chi connectivity index (χ0v) is 15.3. The summed E-state index contributed by atoms with van der Waals surface area (Å²) in [6.45, 7) is 3.11. The number of para-hydroxylation sites is 1. The molecule has 134 valence electrons. The van der Waals surface area contributed by atoms with Crippen LogP contribution >= 0.6 is 0 Å². The second-order valence-corrected chi connectivity index (χ2v) is 6.24. The van der Waals surface area contributed by atoms with Gasteiger partial charge in [-0.2, -0.15) is 9.90 Å². The maximum atomic E-state index is 12.8. The van der Waals surface area contributed by atoms with Crippen molar-refractivity contribution in [2.45, 2.75) is 13.5 Å². The summed E-state index contributed by atoms with van der Waals surface area (Å²) < 4.78 is 0. The highest BCUT2D eigenvalue weighted by Gasteiger charge is 2.18. The molecule has 0 N–H and O–H groups in total. The van der Waals surface area contributed by atoms with Gasteiger partial charge >= 0.3 is 0 Å². The van der Waals surface area contributed by atoms with Crippen LogP contribution < -0.4 is 4.90 Å². The van der Waals surface area contributed by atoms with E-state index in [0.29, 0.717) is 18.8 Å². The van der Waals surface area contributed by atoms with Gasteiger partial charge in [-0.3, -0.25) is 4.79 Å². The normalized spacial score (nSPS) is 10.6. The predicted octanol–water partition coefficient (Wildman–Crippen LogP) is 3.00. The van der Waals surface area contributed by atoms with Crippen molar-refractivity contribution in [2.24, 2.45) is 0 Å². The second-order valence-electron chi connectivity index (χ2n) is 6.24. The number of carbonyl (C=O) groups excluding carboxylic acids is 1. The molecule has 1 aromatic heterocycles. The quantitative estimate of drug-likeness (QED) is 0.686. The van der Waals surface area contributed by atoms with Crippen molar-refractivity contribution in [2.75, 3.05) is 25.5 Å². The van der Waals surface area contributed by atoms with Crippen LogP contribution in [0.1, 0.15) is 23.0 Å². The van der Waals surface area contributed by atoms with E-state index in [2.05, 4.69) is 27.2 Å². The van der Waals surface area contributed by atoms with E-state index >= 15 is 0 Å². The Bertz CT molecular complexity index is 855. The number of anilines is 1. The first kappa shape index (κ1) is 17.7. The van der Waals surface area contributed by atoms with E-state index in [4.69, 9.17) is 0 Å². The molecule has 6 heteroatoms.